The average molecular weight is 324 g/mol. The molecule has 4 atom stereocenters. The summed E-state index contributed by atoms with van der Waals surface area (Å²) in [6.07, 6.45) is 4.51. The zero-order chi connectivity index (χ0) is 14.4. The molecule has 3 aliphatic heterocycles. The molecule has 4 rings (SSSR count). The smallest absolute Gasteiger partial charge is 0.250 e. The number of halogens is 1. The largest absolute Gasteiger partial charge is 0.336 e. The van der Waals surface area contributed by atoms with E-state index in [1.54, 1.807) is 22.9 Å². The molecule has 120 valence electrons. The Labute approximate surface area is 136 Å². The molecule has 1 aromatic heterocycles. The van der Waals surface area contributed by atoms with Crippen molar-refractivity contribution in [1.29, 1.82) is 0 Å². The third-order valence-electron chi connectivity index (χ3n) is 5.52. The molecule has 22 heavy (non-hydrogen) atoms. The highest BCUT2D eigenvalue weighted by atomic mass is 35.5. The average Bonchev–Trinajstić information content (AvgIpc) is 3.17. The molecule has 3 fully saturated rings. The van der Waals surface area contributed by atoms with Gasteiger partial charge >= 0.3 is 0 Å². The fourth-order valence-electron chi connectivity index (χ4n) is 4.63. The summed E-state index contributed by atoms with van der Waals surface area (Å²) in [4.78, 5) is 26.5. The van der Waals surface area contributed by atoms with Gasteiger partial charge in [-0.2, -0.15) is 0 Å². The Morgan fingerprint density at radius 2 is 1.86 bits per heavy atom. The lowest BCUT2D eigenvalue weighted by atomic mass is 9.82. The number of amides is 1. The predicted molar refractivity (Wildman–Crippen MR) is 86.1 cm³/mol. The summed E-state index contributed by atoms with van der Waals surface area (Å²) in [5, 5.41) is 3.47. The molecule has 4 heterocycles. The van der Waals surface area contributed by atoms with Crippen LogP contribution in [0.1, 0.15) is 19.3 Å². The number of aromatic nitrogens is 1. The van der Waals surface area contributed by atoms with Gasteiger partial charge in [0.05, 0.1) is 0 Å². The Balaban J connectivity index is 0.00000144. The maximum atomic E-state index is 12.6. The Hall–Kier alpha value is -1.33. The van der Waals surface area contributed by atoms with Crippen LogP contribution in [-0.2, 0) is 11.3 Å². The van der Waals surface area contributed by atoms with E-state index >= 15 is 0 Å². The number of aryl methyl sites for hydroxylation is 1. The summed E-state index contributed by atoms with van der Waals surface area (Å²) in [7, 11) is 0. The van der Waals surface area contributed by atoms with Crippen molar-refractivity contribution in [2.45, 2.75) is 37.9 Å². The number of hydrogen-bond acceptors (Lipinski definition) is 3. The second-order valence-corrected chi connectivity index (χ2v) is 6.48. The van der Waals surface area contributed by atoms with Gasteiger partial charge in [-0.3, -0.25) is 9.59 Å². The standard InChI is InChI=1S/C16H21N3O2.ClH/c20-15-3-1-2-7-18(15)8-6-16(21)19-13-4-5-14(19)12-10-17-9-11(12)13;/h1-3,7,11-14,17H,4-6,8-10H2;1H/t11-,12+,13-,14+;. The number of nitrogens with zero attached hydrogens (tertiary/aromatic N) is 2. The minimum atomic E-state index is -0.0317. The number of fused-ring (bicyclic) bond motifs is 5. The SMILES string of the molecule is Cl.O=C(CCn1ccccc1=O)N1[C@@H]2CC[C@H]1[C@H]1CNC[C@H]12. The first-order valence-electron chi connectivity index (χ1n) is 7.93. The molecule has 3 aliphatic rings. The van der Waals surface area contributed by atoms with Crippen molar-refractivity contribution in [3.05, 3.63) is 34.7 Å². The number of pyridine rings is 1. The molecule has 0 radical (unpaired) electrons. The minimum absolute atomic E-state index is 0. The van der Waals surface area contributed by atoms with Gasteiger partial charge in [-0.25, -0.2) is 0 Å². The number of carbonyl (C=O) groups is 1. The second-order valence-electron chi connectivity index (χ2n) is 6.48. The molecule has 1 amide bonds. The van der Waals surface area contributed by atoms with Crippen LogP contribution in [0, 0.1) is 11.8 Å². The highest BCUT2D eigenvalue weighted by molar-refractivity contribution is 5.85. The Morgan fingerprint density at radius 1 is 1.18 bits per heavy atom. The Kier molecular flexibility index (Phi) is 4.28. The first-order chi connectivity index (χ1) is 10.3. The van der Waals surface area contributed by atoms with E-state index in [4.69, 9.17) is 0 Å². The summed E-state index contributed by atoms with van der Waals surface area (Å²) < 4.78 is 1.62. The molecule has 1 aromatic rings. The first kappa shape index (κ1) is 15.6. The Bertz CT molecular complexity index is 599. The van der Waals surface area contributed by atoms with Gasteiger partial charge in [0.25, 0.3) is 5.56 Å². The van der Waals surface area contributed by atoms with Gasteiger partial charge in [0, 0.05) is 50.4 Å². The maximum Gasteiger partial charge on any atom is 0.250 e. The summed E-state index contributed by atoms with van der Waals surface area (Å²) in [5.74, 6) is 1.55. The molecular weight excluding hydrogens is 302 g/mol. The predicted octanol–water partition coefficient (Wildman–Crippen LogP) is 0.869. The molecule has 6 heteroatoms. The van der Waals surface area contributed by atoms with Gasteiger partial charge < -0.3 is 14.8 Å². The molecule has 0 aliphatic carbocycles. The van der Waals surface area contributed by atoms with Crippen molar-refractivity contribution in [1.82, 2.24) is 14.8 Å². The first-order valence-corrected chi connectivity index (χ1v) is 7.93. The zero-order valence-corrected chi connectivity index (χ0v) is 13.3. The highest BCUT2D eigenvalue weighted by Crippen LogP contribution is 2.47. The normalized spacial score (nSPS) is 31.9. The van der Waals surface area contributed by atoms with Gasteiger partial charge in [-0.15, -0.1) is 12.4 Å². The molecular formula is C16H22ClN3O2. The summed E-state index contributed by atoms with van der Waals surface area (Å²) in [5.41, 5.74) is -0.0317. The molecule has 1 N–H and O–H groups in total. The van der Waals surface area contributed by atoms with Crippen molar-refractivity contribution in [3.8, 4) is 0 Å². The third kappa shape index (κ3) is 2.36. The van der Waals surface area contributed by atoms with Crippen LogP contribution in [0.3, 0.4) is 0 Å². The second kappa shape index (κ2) is 6.05. The molecule has 5 nitrogen and oxygen atoms in total. The van der Waals surface area contributed by atoms with Crippen LogP contribution in [0.5, 0.6) is 0 Å². The van der Waals surface area contributed by atoms with E-state index in [0.29, 0.717) is 36.9 Å². The van der Waals surface area contributed by atoms with E-state index in [2.05, 4.69) is 10.2 Å². The van der Waals surface area contributed by atoms with Crippen LogP contribution in [-0.4, -0.2) is 40.5 Å². The van der Waals surface area contributed by atoms with E-state index < -0.39 is 0 Å². The van der Waals surface area contributed by atoms with E-state index in [0.717, 1.165) is 25.9 Å². The molecule has 3 saturated heterocycles. The number of hydrogen-bond donors (Lipinski definition) is 1. The molecule has 0 saturated carbocycles. The lowest BCUT2D eigenvalue weighted by molar-refractivity contribution is -0.133. The van der Waals surface area contributed by atoms with Crippen molar-refractivity contribution in [2.75, 3.05) is 13.1 Å². The van der Waals surface area contributed by atoms with Crippen LogP contribution in [0.2, 0.25) is 0 Å². The van der Waals surface area contributed by atoms with E-state index in [9.17, 15) is 9.59 Å². The van der Waals surface area contributed by atoms with Crippen LogP contribution in [0.25, 0.3) is 0 Å². The molecule has 0 aromatic carbocycles. The summed E-state index contributed by atoms with van der Waals surface area (Å²) >= 11 is 0. The van der Waals surface area contributed by atoms with E-state index in [1.165, 1.54) is 0 Å². The topological polar surface area (TPSA) is 54.3 Å². The Morgan fingerprint density at radius 3 is 2.50 bits per heavy atom. The van der Waals surface area contributed by atoms with Crippen LogP contribution < -0.4 is 10.9 Å². The van der Waals surface area contributed by atoms with Crippen molar-refractivity contribution in [2.24, 2.45) is 11.8 Å². The fourth-order valence-corrected chi connectivity index (χ4v) is 4.63. The summed E-state index contributed by atoms with van der Waals surface area (Å²) in [6, 6.07) is 5.99. The molecule has 2 bridgehead atoms. The lowest BCUT2D eigenvalue weighted by Gasteiger charge is -2.25. The van der Waals surface area contributed by atoms with Crippen LogP contribution in [0.4, 0.5) is 0 Å². The van der Waals surface area contributed by atoms with Gasteiger partial charge in [0.2, 0.25) is 5.91 Å². The number of rotatable bonds is 3. The fraction of sp³-hybridized carbons (Fsp3) is 0.625. The van der Waals surface area contributed by atoms with Crippen LogP contribution in [0.15, 0.2) is 29.2 Å². The summed E-state index contributed by atoms with van der Waals surface area (Å²) in [6.45, 7) is 2.61. The van der Waals surface area contributed by atoms with E-state index in [1.807, 2.05) is 6.07 Å². The van der Waals surface area contributed by atoms with Gasteiger partial charge in [-0.1, -0.05) is 6.07 Å². The van der Waals surface area contributed by atoms with Crippen molar-refractivity contribution in [3.63, 3.8) is 0 Å². The maximum absolute atomic E-state index is 12.6. The van der Waals surface area contributed by atoms with Gasteiger partial charge in [0.1, 0.15) is 0 Å². The monoisotopic (exact) mass is 323 g/mol. The third-order valence-corrected chi connectivity index (χ3v) is 5.52. The number of carbonyl (C=O) groups excluding carboxylic acids is 1. The highest BCUT2D eigenvalue weighted by Gasteiger charge is 2.55. The van der Waals surface area contributed by atoms with Gasteiger partial charge in [0.15, 0.2) is 0 Å². The van der Waals surface area contributed by atoms with E-state index in [-0.39, 0.29) is 23.9 Å². The van der Waals surface area contributed by atoms with Crippen LogP contribution >= 0.6 is 12.4 Å². The minimum Gasteiger partial charge on any atom is -0.336 e. The van der Waals surface area contributed by atoms with Crippen molar-refractivity contribution < 1.29 is 4.79 Å². The van der Waals surface area contributed by atoms with Crippen molar-refractivity contribution >= 4 is 18.3 Å². The molecule has 0 spiro atoms. The lowest BCUT2D eigenvalue weighted by Crippen LogP contribution is -2.39. The number of nitrogens with one attached hydrogen (secondary N) is 1. The van der Waals surface area contributed by atoms with Gasteiger partial charge in [-0.05, 0) is 30.7 Å². The zero-order valence-electron chi connectivity index (χ0n) is 12.5. The molecule has 0 unspecified atom stereocenters. The quantitative estimate of drug-likeness (QED) is 0.898.